The van der Waals surface area contributed by atoms with Crippen LogP contribution < -0.4 is 11.1 Å². The van der Waals surface area contributed by atoms with Crippen LogP contribution in [0.1, 0.15) is 26.7 Å². The maximum atomic E-state index is 11.8. The van der Waals surface area contributed by atoms with E-state index in [2.05, 4.69) is 5.32 Å². The van der Waals surface area contributed by atoms with Gasteiger partial charge in [0.25, 0.3) is 0 Å². The van der Waals surface area contributed by atoms with Crippen molar-refractivity contribution in [2.24, 2.45) is 11.1 Å². The third-order valence-electron chi connectivity index (χ3n) is 2.97. The normalized spacial score (nSPS) is 19.3. The summed E-state index contributed by atoms with van der Waals surface area (Å²) in [4.78, 5) is 35.0. The molecule has 0 aromatic heterocycles. The van der Waals surface area contributed by atoms with Crippen LogP contribution in [-0.2, 0) is 9.59 Å². The van der Waals surface area contributed by atoms with Gasteiger partial charge in [-0.15, -0.1) is 0 Å². The van der Waals surface area contributed by atoms with Crippen LogP contribution in [0.3, 0.4) is 0 Å². The van der Waals surface area contributed by atoms with E-state index in [1.54, 1.807) is 4.90 Å². The standard InChI is InChI=1S/C11H19N3O4/c1-11(2)3-4-14(6-11)10(18)13-7(9(16)17)5-8(12)15/h7H,3-6H2,1-2H3,(H2,12,15)(H,13,18)(H,16,17)/t7-/m0/s1. The lowest BCUT2D eigenvalue weighted by Gasteiger charge is -2.22. The van der Waals surface area contributed by atoms with Crippen molar-refractivity contribution in [1.29, 1.82) is 0 Å². The number of carbonyl (C=O) groups excluding carboxylic acids is 2. The molecule has 7 heteroatoms. The van der Waals surface area contributed by atoms with Gasteiger partial charge in [-0.2, -0.15) is 0 Å². The highest BCUT2D eigenvalue weighted by Gasteiger charge is 2.33. The molecule has 0 unspecified atom stereocenters. The summed E-state index contributed by atoms with van der Waals surface area (Å²) in [5.41, 5.74) is 4.98. The number of likely N-dealkylation sites (tertiary alicyclic amines) is 1. The fourth-order valence-electron chi connectivity index (χ4n) is 1.93. The molecule has 1 rings (SSSR count). The Balaban J connectivity index is 2.57. The summed E-state index contributed by atoms with van der Waals surface area (Å²) < 4.78 is 0. The van der Waals surface area contributed by atoms with Crippen molar-refractivity contribution in [3.63, 3.8) is 0 Å². The third kappa shape index (κ3) is 3.90. The number of carbonyl (C=O) groups is 3. The zero-order chi connectivity index (χ0) is 13.9. The third-order valence-corrected chi connectivity index (χ3v) is 2.97. The Labute approximate surface area is 105 Å². The van der Waals surface area contributed by atoms with Crippen LogP contribution in [-0.4, -0.2) is 47.0 Å². The van der Waals surface area contributed by atoms with Crippen molar-refractivity contribution in [2.45, 2.75) is 32.7 Å². The van der Waals surface area contributed by atoms with Crippen LogP contribution in [0.15, 0.2) is 0 Å². The summed E-state index contributed by atoms with van der Waals surface area (Å²) >= 11 is 0. The first-order chi connectivity index (χ1) is 8.21. The van der Waals surface area contributed by atoms with Crippen molar-refractivity contribution in [1.82, 2.24) is 10.2 Å². The molecule has 0 aliphatic carbocycles. The van der Waals surface area contributed by atoms with E-state index in [0.29, 0.717) is 13.1 Å². The van der Waals surface area contributed by atoms with Gasteiger partial charge in [0.05, 0.1) is 6.42 Å². The summed E-state index contributed by atoms with van der Waals surface area (Å²) in [6.07, 6.45) is 0.465. The number of rotatable bonds is 4. The van der Waals surface area contributed by atoms with Gasteiger partial charge in [-0.25, -0.2) is 9.59 Å². The topological polar surface area (TPSA) is 113 Å². The van der Waals surface area contributed by atoms with Gasteiger partial charge in [-0.05, 0) is 11.8 Å². The smallest absolute Gasteiger partial charge is 0.326 e. The predicted octanol–water partition coefficient (Wildman–Crippen LogP) is -0.243. The zero-order valence-electron chi connectivity index (χ0n) is 10.6. The molecule has 1 aliphatic rings. The van der Waals surface area contributed by atoms with E-state index in [-0.39, 0.29) is 5.41 Å². The number of amides is 3. The molecule has 1 saturated heterocycles. The Kier molecular flexibility index (Phi) is 4.15. The number of primary amides is 1. The summed E-state index contributed by atoms with van der Waals surface area (Å²) in [7, 11) is 0. The van der Waals surface area contributed by atoms with Crippen molar-refractivity contribution in [3.05, 3.63) is 0 Å². The van der Waals surface area contributed by atoms with Crippen LogP contribution in [0.5, 0.6) is 0 Å². The van der Waals surface area contributed by atoms with Gasteiger partial charge in [-0.3, -0.25) is 4.79 Å². The zero-order valence-corrected chi connectivity index (χ0v) is 10.6. The molecule has 4 N–H and O–H groups in total. The number of nitrogens with one attached hydrogen (secondary N) is 1. The average molecular weight is 257 g/mol. The number of urea groups is 1. The molecule has 102 valence electrons. The Morgan fingerprint density at radius 3 is 2.44 bits per heavy atom. The molecule has 1 fully saturated rings. The molecule has 1 heterocycles. The lowest BCUT2D eigenvalue weighted by Crippen LogP contribution is -2.48. The molecule has 18 heavy (non-hydrogen) atoms. The van der Waals surface area contributed by atoms with Gasteiger partial charge >= 0.3 is 12.0 Å². The summed E-state index contributed by atoms with van der Waals surface area (Å²) in [5.74, 6) is -2.02. The molecule has 1 atom stereocenters. The van der Waals surface area contributed by atoms with E-state index in [1.807, 2.05) is 13.8 Å². The number of carboxylic acids is 1. The maximum Gasteiger partial charge on any atom is 0.326 e. The molecule has 0 spiro atoms. The quantitative estimate of drug-likeness (QED) is 0.644. The number of nitrogens with zero attached hydrogens (tertiary/aromatic N) is 1. The van der Waals surface area contributed by atoms with Crippen LogP contribution in [0.25, 0.3) is 0 Å². The molecule has 0 aromatic carbocycles. The van der Waals surface area contributed by atoms with Crippen LogP contribution >= 0.6 is 0 Å². The van der Waals surface area contributed by atoms with Gasteiger partial charge in [0.15, 0.2) is 0 Å². The number of carboxylic acid groups (broad SMARTS) is 1. The maximum absolute atomic E-state index is 11.8. The second-order valence-corrected chi connectivity index (χ2v) is 5.35. The highest BCUT2D eigenvalue weighted by molar-refractivity contribution is 5.87. The van der Waals surface area contributed by atoms with Crippen LogP contribution in [0.2, 0.25) is 0 Å². The van der Waals surface area contributed by atoms with Crippen molar-refractivity contribution >= 4 is 17.9 Å². The lowest BCUT2D eigenvalue weighted by atomic mass is 9.93. The molecular weight excluding hydrogens is 238 g/mol. The van der Waals surface area contributed by atoms with E-state index < -0.39 is 30.4 Å². The van der Waals surface area contributed by atoms with Crippen LogP contribution in [0.4, 0.5) is 4.79 Å². The molecule has 0 radical (unpaired) electrons. The SMILES string of the molecule is CC1(C)CCN(C(=O)N[C@@H](CC(N)=O)C(=O)O)C1. The average Bonchev–Trinajstić information content (AvgIpc) is 2.57. The number of hydrogen-bond acceptors (Lipinski definition) is 3. The first kappa shape index (κ1) is 14.3. The molecule has 0 bridgehead atoms. The monoisotopic (exact) mass is 257 g/mol. The second kappa shape index (κ2) is 5.24. The second-order valence-electron chi connectivity index (χ2n) is 5.35. The first-order valence-corrected chi connectivity index (χ1v) is 5.78. The molecule has 7 nitrogen and oxygen atoms in total. The Hall–Kier alpha value is -1.79. The highest BCUT2D eigenvalue weighted by atomic mass is 16.4. The highest BCUT2D eigenvalue weighted by Crippen LogP contribution is 2.28. The summed E-state index contributed by atoms with van der Waals surface area (Å²) in [6.45, 7) is 5.24. The fourth-order valence-corrected chi connectivity index (χ4v) is 1.93. The van der Waals surface area contributed by atoms with Gasteiger partial charge in [0.2, 0.25) is 5.91 Å². The van der Waals surface area contributed by atoms with E-state index in [0.717, 1.165) is 6.42 Å². The summed E-state index contributed by atoms with van der Waals surface area (Å²) in [6, 6.07) is -1.73. The minimum absolute atomic E-state index is 0.0414. The van der Waals surface area contributed by atoms with Crippen molar-refractivity contribution in [2.75, 3.05) is 13.1 Å². The molecule has 3 amide bonds. The molecule has 1 aliphatic heterocycles. The van der Waals surface area contributed by atoms with E-state index in [9.17, 15) is 14.4 Å². The molecule has 0 aromatic rings. The summed E-state index contributed by atoms with van der Waals surface area (Å²) in [5, 5.41) is 11.2. The predicted molar refractivity (Wildman–Crippen MR) is 63.7 cm³/mol. The van der Waals surface area contributed by atoms with Crippen molar-refractivity contribution < 1.29 is 19.5 Å². The van der Waals surface area contributed by atoms with E-state index in [1.165, 1.54) is 0 Å². The van der Waals surface area contributed by atoms with Crippen molar-refractivity contribution in [3.8, 4) is 0 Å². The minimum atomic E-state index is -1.27. The Morgan fingerprint density at radius 2 is 2.06 bits per heavy atom. The lowest BCUT2D eigenvalue weighted by molar-refractivity contribution is -0.140. The van der Waals surface area contributed by atoms with Gasteiger partial charge in [0.1, 0.15) is 6.04 Å². The number of nitrogens with two attached hydrogens (primary N) is 1. The first-order valence-electron chi connectivity index (χ1n) is 5.78. The molecular formula is C11H19N3O4. The largest absolute Gasteiger partial charge is 0.480 e. The Morgan fingerprint density at radius 1 is 1.44 bits per heavy atom. The Bertz CT molecular complexity index is 367. The van der Waals surface area contributed by atoms with E-state index in [4.69, 9.17) is 10.8 Å². The van der Waals surface area contributed by atoms with Gasteiger partial charge in [0, 0.05) is 13.1 Å². The number of aliphatic carboxylic acids is 1. The van der Waals surface area contributed by atoms with E-state index >= 15 is 0 Å². The fraction of sp³-hybridized carbons (Fsp3) is 0.727. The van der Waals surface area contributed by atoms with Gasteiger partial charge < -0.3 is 21.1 Å². The number of hydrogen-bond donors (Lipinski definition) is 3. The van der Waals surface area contributed by atoms with Crippen LogP contribution in [0, 0.1) is 5.41 Å². The molecule has 0 saturated carbocycles. The van der Waals surface area contributed by atoms with Gasteiger partial charge in [-0.1, -0.05) is 13.8 Å². The minimum Gasteiger partial charge on any atom is -0.480 e.